The fourth-order valence-corrected chi connectivity index (χ4v) is 5.05. The molecule has 0 N–H and O–H groups in total. The zero-order valence-electron chi connectivity index (χ0n) is 18.3. The van der Waals surface area contributed by atoms with Crippen molar-refractivity contribution in [3.8, 4) is 6.07 Å². The number of hydrogen-bond acceptors (Lipinski definition) is 6. The first kappa shape index (κ1) is 25.1. The minimum atomic E-state index is -4.08. The third-order valence-electron chi connectivity index (χ3n) is 5.17. The quantitative estimate of drug-likeness (QED) is 0.165. The van der Waals surface area contributed by atoms with Crippen LogP contribution in [0.2, 0.25) is 0 Å². The van der Waals surface area contributed by atoms with Gasteiger partial charge in [0.2, 0.25) is 0 Å². The van der Waals surface area contributed by atoms with E-state index in [1.54, 1.807) is 22.9 Å². The Balaban J connectivity index is 1.85. The van der Waals surface area contributed by atoms with E-state index in [4.69, 9.17) is 4.28 Å². The third-order valence-corrected chi connectivity index (χ3v) is 7.06. The van der Waals surface area contributed by atoms with Crippen molar-refractivity contribution < 1.29 is 12.7 Å². The first-order chi connectivity index (χ1) is 15.1. The summed E-state index contributed by atoms with van der Waals surface area (Å²) in [6.45, 7) is 2.23. The van der Waals surface area contributed by atoms with Gasteiger partial charge in [0.1, 0.15) is 11.0 Å². The Morgan fingerprint density at radius 1 is 1.00 bits per heavy atom. The topological polar surface area (TPSA) is 79.5 Å². The van der Waals surface area contributed by atoms with E-state index in [1.165, 1.54) is 68.8 Å². The van der Waals surface area contributed by atoms with E-state index >= 15 is 0 Å². The third kappa shape index (κ3) is 8.84. The molecule has 1 heterocycles. The number of nitriles is 1. The molecule has 1 aromatic carbocycles. The maximum Gasteiger partial charge on any atom is 0.358 e. The average Bonchev–Trinajstić information content (AvgIpc) is 3.30. The second kappa shape index (κ2) is 14.0. The Morgan fingerprint density at radius 3 is 2.26 bits per heavy atom. The zero-order valence-corrected chi connectivity index (χ0v) is 19.9. The maximum absolute atomic E-state index is 12.7. The standard InChI is InChI=1S/C24H32N2O3S2/c1-2-3-4-5-6-7-8-9-10-11-14-21-15-12-13-16-24(21)31(27,28)29-26-23(19-25)22-17-18-30-20-22/h12-13,15-18,20H,2-11,14H2,1H3. The van der Waals surface area contributed by atoms with Gasteiger partial charge in [0.15, 0.2) is 5.71 Å². The van der Waals surface area contributed by atoms with E-state index in [0.717, 1.165) is 18.4 Å². The molecule has 31 heavy (non-hydrogen) atoms. The largest absolute Gasteiger partial charge is 0.358 e. The van der Waals surface area contributed by atoms with Gasteiger partial charge in [-0.25, -0.2) is 0 Å². The normalized spacial score (nSPS) is 11.9. The Bertz CT molecular complexity index is 945. The van der Waals surface area contributed by atoms with Crippen molar-refractivity contribution in [3.63, 3.8) is 0 Å². The van der Waals surface area contributed by atoms with E-state index < -0.39 is 10.1 Å². The Kier molecular flexibility index (Phi) is 11.3. The van der Waals surface area contributed by atoms with Gasteiger partial charge in [-0.1, -0.05) is 88.1 Å². The van der Waals surface area contributed by atoms with Gasteiger partial charge >= 0.3 is 10.1 Å². The lowest BCUT2D eigenvalue weighted by molar-refractivity contribution is 0.339. The maximum atomic E-state index is 12.7. The fraction of sp³-hybridized carbons (Fsp3) is 0.500. The van der Waals surface area contributed by atoms with Crippen molar-refractivity contribution in [1.29, 1.82) is 5.26 Å². The van der Waals surface area contributed by atoms with Gasteiger partial charge in [0, 0.05) is 10.9 Å². The highest BCUT2D eigenvalue weighted by Gasteiger charge is 2.20. The van der Waals surface area contributed by atoms with Gasteiger partial charge in [-0.2, -0.15) is 25.0 Å². The Labute approximate surface area is 190 Å². The summed E-state index contributed by atoms with van der Waals surface area (Å²) >= 11 is 1.40. The van der Waals surface area contributed by atoms with Crippen LogP contribution in [0.25, 0.3) is 0 Å². The van der Waals surface area contributed by atoms with Crippen LogP contribution < -0.4 is 0 Å². The molecule has 0 radical (unpaired) electrons. The summed E-state index contributed by atoms with van der Waals surface area (Å²) in [6, 6.07) is 10.4. The highest BCUT2D eigenvalue weighted by molar-refractivity contribution is 7.86. The minimum absolute atomic E-state index is 0.0583. The van der Waals surface area contributed by atoms with Gasteiger partial charge in [-0.15, -0.1) is 0 Å². The molecule has 0 aliphatic carbocycles. The number of thiophene rings is 1. The van der Waals surface area contributed by atoms with Crippen molar-refractivity contribution in [3.05, 3.63) is 52.2 Å². The molecule has 2 aromatic rings. The van der Waals surface area contributed by atoms with Crippen LogP contribution in [-0.4, -0.2) is 14.1 Å². The van der Waals surface area contributed by atoms with Gasteiger partial charge < -0.3 is 0 Å². The van der Waals surface area contributed by atoms with Crippen LogP contribution in [0.4, 0.5) is 0 Å². The summed E-state index contributed by atoms with van der Waals surface area (Å²) in [4.78, 5) is 0.122. The summed E-state index contributed by atoms with van der Waals surface area (Å²) < 4.78 is 30.3. The van der Waals surface area contributed by atoms with Crippen LogP contribution in [0.3, 0.4) is 0 Å². The summed E-state index contributed by atoms with van der Waals surface area (Å²) in [7, 11) is -4.08. The molecule has 0 spiro atoms. The lowest BCUT2D eigenvalue weighted by Gasteiger charge is -2.09. The van der Waals surface area contributed by atoms with Gasteiger partial charge in [0.05, 0.1) is 0 Å². The molecule has 7 heteroatoms. The molecule has 5 nitrogen and oxygen atoms in total. The first-order valence-electron chi connectivity index (χ1n) is 11.1. The number of rotatable bonds is 15. The van der Waals surface area contributed by atoms with Gasteiger partial charge in [-0.3, -0.25) is 4.28 Å². The molecule has 0 fully saturated rings. The predicted molar refractivity (Wildman–Crippen MR) is 127 cm³/mol. The monoisotopic (exact) mass is 460 g/mol. The second-order valence-corrected chi connectivity index (χ2v) is 9.91. The number of unbranched alkanes of at least 4 members (excludes halogenated alkanes) is 9. The molecule has 168 valence electrons. The highest BCUT2D eigenvalue weighted by Crippen LogP contribution is 2.21. The van der Waals surface area contributed by atoms with E-state index in [2.05, 4.69) is 12.1 Å². The lowest BCUT2D eigenvalue weighted by Crippen LogP contribution is -2.08. The molecule has 2 rings (SSSR count). The lowest BCUT2D eigenvalue weighted by atomic mass is 10.0. The molecular weight excluding hydrogens is 428 g/mol. The van der Waals surface area contributed by atoms with Crippen molar-refractivity contribution >= 4 is 27.2 Å². The van der Waals surface area contributed by atoms with Crippen molar-refractivity contribution in [2.24, 2.45) is 5.16 Å². The van der Waals surface area contributed by atoms with Crippen LogP contribution in [0.1, 0.15) is 82.3 Å². The zero-order chi connectivity index (χ0) is 22.4. The smallest absolute Gasteiger partial charge is 0.263 e. The second-order valence-electron chi connectivity index (χ2n) is 7.63. The summed E-state index contributed by atoms with van der Waals surface area (Å²) in [5, 5.41) is 16.3. The van der Waals surface area contributed by atoms with Crippen molar-refractivity contribution in [2.45, 2.75) is 82.4 Å². The van der Waals surface area contributed by atoms with Crippen molar-refractivity contribution in [2.75, 3.05) is 0 Å². The molecule has 0 amide bonds. The summed E-state index contributed by atoms with van der Waals surface area (Å²) in [5.41, 5.74) is 1.21. The molecule has 0 saturated heterocycles. The molecular formula is C24H32N2O3S2. The Morgan fingerprint density at radius 2 is 1.65 bits per heavy atom. The number of oxime groups is 1. The van der Waals surface area contributed by atoms with E-state index in [0.29, 0.717) is 12.0 Å². The molecule has 0 aliphatic heterocycles. The van der Waals surface area contributed by atoms with Crippen LogP contribution in [0.15, 0.2) is 51.1 Å². The van der Waals surface area contributed by atoms with Gasteiger partial charge in [-0.05, 0) is 35.9 Å². The van der Waals surface area contributed by atoms with Crippen molar-refractivity contribution in [1.82, 2.24) is 0 Å². The summed E-state index contributed by atoms with van der Waals surface area (Å²) in [5.74, 6) is 0. The van der Waals surface area contributed by atoms with Crippen LogP contribution in [0, 0.1) is 11.3 Å². The highest BCUT2D eigenvalue weighted by atomic mass is 32.2. The molecule has 0 aliphatic rings. The predicted octanol–water partition coefficient (Wildman–Crippen LogP) is 6.84. The summed E-state index contributed by atoms with van der Waals surface area (Å²) in [6.07, 6.45) is 13.0. The molecule has 0 saturated carbocycles. The van der Waals surface area contributed by atoms with Crippen LogP contribution in [-0.2, 0) is 20.8 Å². The average molecular weight is 461 g/mol. The minimum Gasteiger partial charge on any atom is -0.263 e. The van der Waals surface area contributed by atoms with Crippen LogP contribution in [0.5, 0.6) is 0 Å². The Hall–Kier alpha value is -2.17. The number of aryl methyl sites for hydroxylation is 1. The number of benzene rings is 1. The van der Waals surface area contributed by atoms with E-state index in [9.17, 15) is 13.7 Å². The SMILES string of the molecule is CCCCCCCCCCCCc1ccccc1S(=O)(=O)ON=C(C#N)c1ccsc1. The number of nitrogens with zero attached hydrogens (tertiary/aromatic N) is 2. The molecule has 0 atom stereocenters. The van der Waals surface area contributed by atoms with E-state index in [1.807, 2.05) is 18.2 Å². The molecule has 0 unspecified atom stereocenters. The van der Waals surface area contributed by atoms with Gasteiger partial charge in [0.25, 0.3) is 0 Å². The molecule has 0 bridgehead atoms. The van der Waals surface area contributed by atoms with E-state index in [-0.39, 0.29) is 10.6 Å². The van der Waals surface area contributed by atoms with Crippen LogP contribution >= 0.6 is 11.3 Å². The fourth-order valence-electron chi connectivity index (χ4n) is 3.42. The number of hydrogen-bond donors (Lipinski definition) is 0. The molecule has 1 aromatic heterocycles. The first-order valence-corrected chi connectivity index (χ1v) is 13.5.